The van der Waals surface area contributed by atoms with Crippen LogP contribution in [0.1, 0.15) is 51.6 Å². The third-order valence-electron chi connectivity index (χ3n) is 2.83. The predicted molar refractivity (Wildman–Crippen MR) is 65.9 cm³/mol. The fraction of sp³-hybridized carbons (Fsp3) is 0.667. The van der Waals surface area contributed by atoms with Crippen molar-refractivity contribution in [1.29, 1.82) is 0 Å². The fourth-order valence-corrected chi connectivity index (χ4v) is 1.80. The molecular weight excluding hydrogens is 218 g/mol. The second kappa shape index (κ2) is 4.87. The van der Waals surface area contributed by atoms with Gasteiger partial charge in [-0.05, 0) is 33.3 Å². The maximum absolute atomic E-state index is 10.9. The van der Waals surface area contributed by atoms with E-state index in [1.807, 2.05) is 38.6 Å². The van der Waals surface area contributed by atoms with E-state index in [-0.39, 0.29) is 18.4 Å². The van der Waals surface area contributed by atoms with E-state index in [1.54, 1.807) is 6.20 Å². The van der Waals surface area contributed by atoms with Gasteiger partial charge in [0, 0.05) is 23.7 Å². The van der Waals surface area contributed by atoms with Crippen LogP contribution < -0.4 is 5.73 Å². The number of hydrogen-bond donors (Lipinski definition) is 2. The summed E-state index contributed by atoms with van der Waals surface area (Å²) in [7, 11) is 0. The number of nitrogens with two attached hydrogens (primary N) is 1. The van der Waals surface area contributed by atoms with Crippen LogP contribution in [0.2, 0.25) is 0 Å². The van der Waals surface area contributed by atoms with Gasteiger partial charge in [-0.1, -0.05) is 0 Å². The molecule has 0 radical (unpaired) electrons. The number of hydrogen-bond acceptors (Lipinski definition) is 3. The fourth-order valence-electron chi connectivity index (χ4n) is 1.80. The Kier molecular flexibility index (Phi) is 3.93. The SMILES string of the molecule is CC(C)n1cc(C(CC(=O)O)C(C)(C)N)cn1. The Bertz CT molecular complexity index is 391. The number of nitrogens with zero attached hydrogens (tertiary/aromatic N) is 2. The van der Waals surface area contributed by atoms with Crippen molar-refractivity contribution in [3.8, 4) is 0 Å². The zero-order chi connectivity index (χ0) is 13.2. The number of carboxylic acid groups (broad SMARTS) is 1. The molecule has 0 saturated heterocycles. The van der Waals surface area contributed by atoms with Gasteiger partial charge in [0.1, 0.15) is 0 Å². The summed E-state index contributed by atoms with van der Waals surface area (Å²) in [5.74, 6) is -1.07. The monoisotopic (exact) mass is 239 g/mol. The van der Waals surface area contributed by atoms with Crippen LogP contribution >= 0.6 is 0 Å². The van der Waals surface area contributed by atoms with E-state index in [0.717, 1.165) is 5.56 Å². The van der Waals surface area contributed by atoms with Gasteiger partial charge < -0.3 is 10.8 Å². The average Bonchev–Trinajstić information content (AvgIpc) is 2.60. The Morgan fingerprint density at radius 2 is 2.18 bits per heavy atom. The van der Waals surface area contributed by atoms with E-state index in [2.05, 4.69) is 5.10 Å². The van der Waals surface area contributed by atoms with E-state index in [9.17, 15) is 4.79 Å². The van der Waals surface area contributed by atoms with E-state index in [1.165, 1.54) is 0 Å². The first-order valence-electron chi connectivity index (χ1n) is 5.76. The molecule has 1 atom stereocenters. The van der Waals surface area contributed by atoms with Crippen molar-refractivity contribution in [3.05, 3.63) is 18.0 Å². The maximum Gasteiger partial charge on any atom is 0.304 e. The number of aromatic nitrogens is 2. The molecule has 1 heterocycles. The second-order valence-electron chi connectivity index (χ2n) is 5.32. The summed E-state index contributed by atoms with van der Waals surface area (Å²) < 4.78 is 1.82. The van der Waals surface area contributed by atoms with Crippen LogP contribution in [0.25, 0.3) is 0 Å². The molecule has 1 rings (SSSR count). The molecule has 5 nitrogen and oxygen atoms in total. The topological polar surface area (TPSA) is 81.1 Å². The lowest BCUT2D eigenvalue weighted by Crippen LogP contribution is -2.40. The van der Waals surface area contributed by atoms with Gasteiger partial charge in [0.2, 0.25) is 0 Å². The summed E-state index contributed by atoms with van der Waals surface area (Å²) in [5, 5.41) is 13.2. The largest absolute Gasteiger partial charge is 0.481 e. The van der Waals surface area contributed by atoms with Crippen molar-refractivity contribution in [2.75, 3.05) is 0 Å². The van der Waals surface area contributed by atoms with Gasteiger partial charge in [-0.15, -0.1) is 0 Å². The minimum absolute atomic E-state index is 0.0211. The smallest absolute Gasteiger partial charge is 0.304 e. The average molecular weight is 239 g/mol. The van der Waals surface area contributed by atoms with Crippen molar-refractivity contribution in [1.82, 2.24) is 9.78 Å². The molecule has 0 amide bonds. The number of rotatable bonds is 5. The van der Waals surface area contributed by atoms with Gasteiger partial charge in [-0.3, -0.25) is 9.48 Å². The number of aliphatic carboxylic acids is 1. The highest BCUT2D eigenvalue weighted by molar-refractivity contribution is 5.68. The molecule has 0 aliphatic carbocycles. The summed E-state index contributed by atoms with van der Waals surface area (Å²) in [6, 6.07) is 0.259. The molecular formula is C12H21N3O2. The number of carboxylic acids is 1. The van der Waals surface area contributed by atoms with E-state index in [4.69, 9.17) is 10.8 Å². The lowest BCUT2D eigenvalue weighted by atomic mass is 9.82. The molecule has 1 unspecified atom stereocenters. The Hall–Kier alpha value is -1.36. The standard InChI is InChI=1S/C12H21N3O2/c1-8(2)15-7-9(6-14-15)10(5-11(16)17)12(3,4)13/h6-8,10H,5,13H2,1-4H3,(H,16,17). The van der Waals surface area contributed by atoms with E-state index < -0.39 is 11.5 Å². The molecule has 0 saturated carbocycles. The van der Waals surface area contributed by atoms with Gasteiger partial charge in [0.25, 0.3) is 0 Å². The molecule has 17 heavy (non-hydrogen) atoms. The van der Waals surface area contributed by atoms with Gasteiger partial charge in [-0.2, -0.15) is 5.10 Å². The molecule has 5 heteroatoms. The maximum atomic E-state index is 10.9. The molecule has 1 aromatic heterocycles. The first-order valence-corrected chi connectivity index (χ1v) is 5.76. The summed E-state index contributed by atoms with van der Waals surface area (Å²) in [6.07, 6.45) is 3.61. The second-order valence-corrected chi connectivity index (χ2v) is 5.32. The van der Waals surface area contributed by atoms with Crippen LogP contribution in [0.4, 0.5) is 0 Å². The molecule has 0 aromatic carbocycles. The van der Waals surface area contributed by atoms with Gasteiger partial charge in [0.15, 0.2) is 0 Å². The van der Waals surface area contributed by atoms with Crippen LogP contribution in [-0.2, 0) is 4.79 Å². The Balaban J connectivity index is 3.00. The van der Waals surface area contributed by atoms with E-state index >= 15 is 0 Å². The molecule has 0 spiro atoms. The summed E-state index contributed by atoms with van der Waals surface area (Å²) >= 11 is 0. The van der Waals surface area contributed by atoms with Crippen molar-refractivity contribution >= 4 is 5.97 Å². The molecule has 0 aliphatic rings. The minimum Gasteiger partial charge on any atom is -0.481 e. The Morgan fingerprint density at radius 1 is 1.59 bits per heavy atom. The molecule has 1 aromatic rings. The molecule has 0 bridgehead atoms. The van der Waals surface area contributed by atoms with Gasteiger partial charge in [0.05, 0.1) is 12.6 Å². The quantitative estimate of drug-likeness (QED) is 0.820. The number of carbonyl (C=O) groups is 1. The third-order valence-corrected chi connectivity index (χ3v) is 2.83. The van der Waals surface area contributed by atoms with Crippen molar-refractivity contribution in [2.45, 2.75) is 51.6 Å². The Morgan fingerprint density at radius 3 is 2.53 bits per heavy atom. The van der Waals surface area contributed by atoms with Crippen LogP contribution in [0.5, 0.6) is 0 Å². The van der Waals surface area contributed by atoms with Crippen molar-refractivity contribution < 1.29 is 9.90 Å². The molecule has 0 fully saturated rings. The normalized spacial score (nSPS) is 14.0. The van der Waals surface area contributed by atoms with Crippen LogP contribution in [0.15, 0.2) is 12.4 Å². The minimum atomic E-state index is -0.842. The van der Waals surface area contributed by atoms with Gasteiger partial charge >= 0.3 is 5.97 Å². The van der Waals surface area contributed by atoms with E-state index in [0.29, 0.717) is 0 Å². The first-order chi connectivity index (χ1) is 7.71. The summed E-state index contributed by atoms with van der Waals surface area (Å²) in [6.45, 7) is 7.73. The van der Waals surface area contributed by atoms with Crippen LogP contribution in [0.3, 0.4) is 0 Å². The summed E-state index contributed by atoms with van der Waals surface area (Å²) in [4.78, 5) is 10.9. The highest BCUT2D eigenvalue weighted by atomic mass is 16.4. The third kappa shape index (κ3) is 3.56. The lowest BCUT2D eigenvalue weighted by molar-refractivity contribution is -0.137. The molecule has 0 aliphatic heterocycles. The molecule has 96 valence electrons. The zero-order valence-electron chi connectivity index (χ0n) is 10.8. The highest BCUT2D eigenvalue weighted by Crippen LogP contribution is 2.29. The van der Waals surface area contributed by atoms with Crippen LogP contribution in [0, 0.1) is 0 Å². The van der Waals surface area contributed by atoms with Crippen molar-refractivity contribution in [3.63, 3.8) is 0 Å². The van der Waals surface area contributed by atoms with Crippen molar-refractivity contribution in [2.24, 2.45) is 5.73 Å². The van der Waals surface area contributed by atoms with Crippen LogP contribution in [-0.4, -0.2) is 26.4 Å². The predicted octanol–water partition coefficient (Wildman–Crippen LogP) is 1.76. The Labute approximate surface area is 102 Å². The lowest BCUT2D eigenvalue weighted by Gasteiger charge is -2.28. The highest BCUT2D eigenvalue weighted by Gasteiger charge is 2.30. The molecule has 3 N–H and O–H groups in total. The first kappa shape index (κ1) is 13.7. The van der Waals surface area contributed by atoms with Gasteiger partial charge in [-0.25, -0.2) is 0 Å². The summed E-state index contributed by atoms with van der Waals surface area (Å²) in [5.41, 5.74) is 6.35. The zero-order valence-corrected chi connectivity index (χ0v) is 10.8.